The molecule has 152 valence electrons. The Labute approximate surface area is 163 Å². The molecule has 0 fully saturated rings. The van der Waals surface area contributed by atoms with Crippen LogP contribution in [0.5, 0.6) is 0 Å². The van der Waals surface area contributed by atoms with Gasteiger partial charge in [0.1, 0.15) is 12.6 Å². The van der Waals surface area contributed by atoms with Gasteiger partial charge in [0.2, 0.25) is 0 Å². The lowest BCUT2D eigenvalue weighted by Crippen LogP contribution is -1.87. The first kappa shape index (κ1) is 27.0. The second kappa shape index (κ2) is 26.1. The third-order valence-corrected chi connectivity index (χ3v) is 4.38. The zero-order chi connectivity index (χ0) is 19.7. The first-order valence-corrected chi connectivity index (χ1v) is 11.0. The van der Waals surface area contributed by atoms with E-state index in [9.17, 15) is 9.59 Å². The van der Waals surface area contributed by atoms with Crippen molar-refractivity contribution in [3.05, 3.63) is 23.8 Å². The monoisotopic (exact) mass is 364 g/mol. The largest absolute Gasteiger partial charge is 0.299 e. The summed E-state index contributed by atoms with van der Waals surface area (Å²) < 4.78 is 0. The molecule has 0 aliphatic carbocycles. The van der Waals surface area contributed by atoms with E-state index >= 15 is 0 Å². The van der Waals surface area contributed by atoms with Crippen LogP contribution in [-0.4, -0.2) is 12.6 Å². The first-order chi connectivity index (χ1) is 12.8. The maximum Gasteiger partial charge on any atom is 0.145 e. The fourth-order valence-corrected chi connectivity index (χ4v) is 2.72. The number of hydrogen-bond acceptors (Lipinski definition) is 2. The SMILES string of the molecule is CC/C=C/C=O.CCCCCCCC/C=C(/C=O)CCCCCCCC. The Morgan fingerprint density at radius 2 is 1.23 bits per heavy atom. The second-order valence-electron chi connectivity index (χ2n) is 6.94. The van der Waals surface area contributed by atoms with E-state index < -0.39 is 0 Å². The minimum atomic E-state index is 0.781. The molecular formula is C24H44O2. The molecule has 0 saturated heterocycles. The summed E-state index contributed by atoms with van der Waals surface area (Å²) in [5, 5.41) is 0. The van der Waals surface area contributed by atoms with Gasteiger partial charge in [-0.3, -0.25) is 9.59 Å². The number of rotatable bonds is 17. The molecule has 0 atom stereocenters. The minimum Gasteiger partial charge on any atom is -0.299 e. The van der Waals surface area contributed by atoms with E-state index in [0.717, 1.165) is 37.4 Å². The fourth-order valence-electron chi connectivity index (χ4n) is 2.72. The number of aldehydes is 2. The average molecular weight is 365 g/mol. The van der Waals surface area contributed by atoms with E-state index in [1.54, 1.807) is 0 Å². The fraction of sp³-hybridized carbons (Fsp3) is 0.750. The van der Waals surface area contributed by atoms with Gasteiger partial charge in [-0.1, -0.05) is 97.1 Å². The van der Waals surface area contributed by atoms with Gasteiger partial charge in [0.25, 0.3) is 0 Å². The molecule has 0 rings (SSSR count). The van der Waals surface area contributed by atoms with Crippen molar-refractivity contribution in [3.63, 3.8) is 0 Å². The maximum absolute atomic E-state index is 11.0. The molecule has 0 amide bonds. The molecule has 0 aromatic heterocycles. The van der Waals surface area contributed by atoms with Gasteiger partial charge in [0.15, 0.2) is 0 Å². The molecule has 0 aliphatic rings. The van der Waals surface area contributed by atoms with Crippen LogP contribution in [0.1, 0.15) is 117 Å². The number of carbonyl (C=O) groups excluding carboxylic acids is 2. The standard InChI is InChI=1S/C19H36O.C5H8O/c1-3-5-7-9-11-13-15-17-19(18-20)16-14-12-10-8-6-4-2;1-2-3-4-5-6/h17-18H,3-16H2,1-2H3;3-5H,2H2,1H3/b19-17+;4-3+. The van der Waals surface area contributed by atoms with Gasteiger partial charge < -0.3 is 0 Å². The third kappa shape index (κ3) is 25.1. The van der Waals surface area contributed by atoms with Gasteiger partial charge >= 0.3 is 0 Å². The van der Waals surface area contributed by atoms with Crippen molar-refractivity contribution in [2.75, 3.05) is 0 Å². The molecule has 0 heterocycles. The zero-order valence-electron chi connectivity index (χ0n) is 17.8. The van der Waals surface area contributed by atoms with Crippen LogP contribution in [0, 0.1) is 0 Å². The molecule has 0 bridgehead atoms. The Kier molecular flexibility index (Phi) is 27.1. The highest BCUT2D eigenvalue weighted by Crippen LogP contribution is 2.13. The average Bonchev–Trinajstić information content (AvgIpc) is 2.67. The van der Waals surface area contributed by atoms with Gasteiger partial charge in [-0.05, 0) is 43.8 Å². The summed E-state index contributed by atoms with van der Waals surface area (Å²) in [4.78, 5) is 20.5. The smallest absolute Gasteiger partial charge is 0.145 e. The zero-order valence-corrected chi connectivity index (χ0v) is 17.8. The Morgan fingerprint density at radius 3 is 1.69 bits per heavy atom. The van der Waals surface area contributed by atoms with Crippen LogP contribution >= 0.6 is 0 Å². The van der Waals surface area contributed by atoms with Crippen LogP contribution in [0.2, 0.25) is 0 Å². The molecule has 0 aromatic carbocycles. The summed E-state index contributed by atoms with van der Waals surface area (Å²) in [5.74, 6) is 0. The lowest BCUT2D eigenvalue weighted by molar-refractivity contribution is -0.105. The number of hydrogen-bond donors (Lipinski definition) is 0. The molecule has 0 unspecified atom stereocenters. The van der Waals surface area contributed by atoms with Crippen molar-refractivity contribution >= 4 is 12.6 Å². The Morgan fingerprint density at radius 1 is 0.692 bits per heavy atom. The Bertz CT molecular complexity index is 342. The lowest BCUT2D eigenvalue weighted by atomic mass is 10.0. The van der Waals surface area contributed by atoms with Gasteiger partial charge in [0.05, 0.1) is 0 Å². The van der Waals surface area contributed by atoms with Crippen LogP contribution in [-0.2, 0) is 9.59 Å². The molecular weight excluding hydrogens is 320 g/mol. The van der Waals surface area contributed by atoms with Gasteiger partial charge in [0, 0.05) is 0 Å². The minimum absolute atomic E-state index is 0.781. The van der Waals surface area contributed by atoms with E-state index in [4.69, 9.17) is 0 Å². The second-order valence-corrected chi connectivity index (χ2v) is 6.94. The van der Waals surface area contributed by atoms with Crippen molar-refractivity contribution in [2.24, 2.45) is 0 Å². The van der Waals surface area contributed by atoms with E-state index in [1.165, 1.54) is 83.1 Å². The Hall–Kier alpha value is -1.18. The highest BCUT2D eigenvalue weighted by molar-refractivity contribution is 5.72. The van der Waals surface area contributed by atoms with Crippen LogP contribution in [0.15, 0.2) is 23.8 Å². The van der Waals surface area contributed by atoms with Crippen LogP contribution in [0.4, 0.5) is 0 Å². The van der Waals surface area contributed by atoms with Crippen LogP contribution in [0.25, 0.3) is 0 Å². The lowest BCUT2D eigenvalue weighted by Gasteiger charge is -2.02. The van der Waals surface area contributed by atoms with Crippen molar-refractivity contribution < 1.29 is 9.59 Å². The summed E-state index contributed by atoms with van der Waals surface area (Å²) >= 11 is 0. The topological polar surface area (TPSA) is 34.1 Å². The van der Waals surface area contributed by atoms with Crippen molar-refractivity contribution in [2.45, 2.75) is 117 Å². The van der Waals surface area contributed by atoms with E-state index in [1.807, 2.05) is 13.0 Å². The maximum atomic E-state index is 11.0. The molecule has 0 aliphatic heterocycles. The normalized spacial score (nSPS) is 11.3. The van der Waals surface area contributed by atoms with E-state index in [2.05, 4.69) is 19.9 Å². The molecule has 2 nitrogen and oxygen atoms in total. The molecule has 26 heavy (non-hydrogen) atoms. The molecule has 0 aromatic rings. The molecule has 0 saturated carbocycles. The third-order valence-electron chi connectivity index (χ3n) is 4.38. The highest BCUT2D eigenvalue weighted by Gasteiger charge is 1.97. The van der Waals surface area contributed by atoms with Crippen molar-refractivity contribution in [1.29, 1.82) is 0 Å². The number of allylic oxidation sites excluding steroid dienone is 4. The number of carbonyl (C=O) groups is 2. The summed E-state index contributed by atoms with van der Waals surface area (Å²) in [6.07, 6.45) is 26.2. The molecule has 0 radical (unpaired) electrons. The summed E-state index contributed by atoms with van der Waals surface area (Å²) in [6.45, 7) is 6.48. The Balaban J connectivity index is 0. The molecule has 0 N–H and O–H groups in total. The molecule has 2 heteroatoms. The summed E-state index contributed by atoms with van der Waals surface area (Å²) in [7, 11) is 0. The summed E-state index contributed by atoms with van der Waals surface area (Å²) in [6, 6.07) is 0. The molecule has 0 spiro atoms. The van der Waals surface area contributed by atoms with Gasteiger partial charge in [-0.25, -0.2) is 0 Å². The van der Waals surface area contributed by atoms with Crippen molar-refractivity contribution in [3.8, 4) is 0 Å². The van der Waals surface area contributed by atoms with E-state index in [0.29, 0.717) is 0 Å². The predicted octanol–water partition coefficient (Wildman–Crippen LogP) is 7.76. The first-order valence-electron chi connectivity index (χ1n) is 11.0. The van der Waals surface area contributed by atoms with Gasteiger partial charge in [-0.2, -0.15) is 0 Å². The highest BCUT2D eigenvalue weighted by atomic mass is 16.1. The number of unbranched alkanes of at least 4 members (excludes halogenated alkanes) is 11. The van der Waals surface area contributed by atoms with Gasteiger partial charge in [-0.15, -0.1) is 0 Å². The quantitative estimate of drug-likeness (QED) is 0.150. The van der Waals surface area contributed by atoms with Crippen molar-refractivity contribution in [1.82, 2.24) is 0 Å². The predicted molar refractivity (Wildman–Crippen MR) is 116 cm³/mol. The van der Waals surface area contributed by atoms with E-state index in [-0.39, 0.29) is 0 Å². The summed E-state index contributed by atoms with van der Waals surface area (Å²) in [5.41, 5.74) is 1.04. The van der Waals surface area contributed by atoms with Crippen LogP contribution < -0.4 is 0 Å². The van der Waals surface area contributed by atoms with Crippen LogP contribution in [0.3, 0.4) is 0 Å².